The van der Waals surface area contributed by atoms with Crippen molar-refractivity contribution in [2.45, 2.75) is 61.5 Å². The Hall–Kier alpha value is -0.470. The SMILES string of the molecule is Cc1ccc(S[C@@]23CCCC[C@]2(CCCO)C3)cc1. The lowest BCUT2D eigenvalue weighted by Crippen LogP contribution is -2.22. The maximum atomic E-state index is 9.13. The van der Waals surface area contributed by atoms with Crippen molar-refractivity contribution in [1.82, 2.24) is 0 Å². The molecule has 104 valence electrons. The zero-order valence-electron chi connectivity index (χ0n) is 11.8. The summed E-state index contributed by atoms with van der Waals surface area (Å²) in [5.41, 5.74) is 1.89. The van der Waals surface area contributed by atoms with E-state index in [1.807, 2.05) is 0 Å². The number of aliphatic hydroxyl groups is 1. The third-order valence-electron chi connectivity index (χ3n) is 5.10. The third-order valence-corrected chi connectivity index (χ3v) is 6.78. The van der Waals surface area contributed by atoms with Crippen LogP contribution < -0.4 is 0 Å². The quantitative estimate of drug-likeness (QED) is 0.850. The second-order valence-corrected chi connectivity index (χ2v) is 7.86. The van der Waals surface area contributed by atoms with E-state index in [2.05, 4.69) is 43.0 Å². The summed E-state index contributed by atoms with van der Waals surface area (Å²) in [6, 6.07) is 9.00. The lowest BCUT2D eigenvalue weighted by Gasteiger charge is -2.30. The van der Waals surface area contributed by atoms with Crippen molar-refractivity contribution >= 4 is 11.8 Å². The minimum Gasteiger partial charge on any atom is -0.396 e. The van der Waals surface area contributed by atoms with Gasteiger partial charge in [-0.25, -0.2) is 0 Å². The monoisotopic (exact) mass is 276 g/mol. The molecule has 1 N–H and O–H groups in total. The van der Waals surface area contributed by atoms with Crippen LogP contribution in [0.4, 0.5) is 0 Å². The van der Waals surface area contributed by atoms with Gasteiger partial charge >= 0.3 is 0 Å². The Morgan fingerprint density at radius 1 is 1.16 bits per heavy atom. The van der Waals surface area contributed by atoms with Gasteiger partial charge in [-0.2, -0.15) is 0 Å². The van der Waals surface area contributed by atoms with E-state index in [1.54, 1.807) is 0 Å². The zero-order valence-corrected chi connectivity index (χ0v) is 12.6. The second kappa shape index (κ2) is 5.14. The summed E-state index contributed by atoms with van der Waals surface area (Å²) in [4.78, 5) is 1.43. The molecule has 0 aliphatic heterocycles. The molecule has 1 nitrogen and oxygen atoms in total. The van der Waals surface area contributed by atoms with Crippen molar-refractivity contribution in [2.75, 3.05) is 6.61 Å². The Morgan fingerprint density at radius 2 is 1.89 bits per heavy atom. The molecule has 2 atom stereocenters. The third kappa shape index (κ3) is 2.45. The fraction of sp³-hybridized carbons (Fsp3) is 0.647. The normalized spacial score (nSPS) is 32.9. The predicted molar refractivity (Wildman–Crippen MR) is 81.6 cm³/mol. The molecule has 0 bridgehead atoms. The molecular formula is C17H24OS. The summed E-state index contributed by atoms with van der Waals surface area (Å²) in [7, 11) is 0. The smallest absolute Gasteiger partial charge is 0.0431 e. The zero-order chi connectivity index (χ0) is 13.3. The number of thioether (sulfide) groups is 1. The Balaban J connectivity index is 1.73. The van der Waals surface area contributed by atoms with Crippen molar-refractivity contribution in [1.29, 1.82) is 0 Å². The first-order chi connectivity index (χ1) is 9.20. The van der Waals surface area contributed by atoms with Gasteiger partial charge < -0.3 is 5.11 Å². The highest BCUT2D eigenvalue weighted by Crippen LogP contribution is 2.74. The fourth-order valence-electron chi connectivity index (χ4n) is 3.93. The first kappa shape index (κ1) is 13.5. The number of aryl methyl sites for hydroxylation is 1. The summed E-state index contributed by atoms with van der Waals surface area (Å²) in [6.07, 6.45) is 9.11. The Bertz CT molecular complexity index is 441. The van der Waals surface area contributed by atoms with E-state index in [4.69, 9.17) is 5.11 Å². The standard InChI is InChI=1S/C17H24OS/c1-14-5-7-15(8-6-14)19-17-11-3-2-9-16(17,13-17)10-4-12-18/h5-8,18H,2-4,9-13H2,1H3/t16-,17+/m0/s1. The number of hydrogen-bond donors (Lipinski definition) is 1. The van der Waals surface area contributed by atoms with E-state index in [-0.39, 0.29) is 0 Å². The second-order valence-electron chi connectivity index (χ2n) is 6.40. The first-order valence-corrected chi connectivity index (χ1v) is 8.38. The number of hydrogen-bond acceptors (Lipinski definition) is 2. The van der Waals surface area contributed by atoms with Gasteiger partial charge in [-0.1, -0.05) is 30.5 Å². The molecular weight excluding hydrogens is 252 g/mol. The number of aliphatic hydroxyl groups excluding tert-OH is 1. The fourth-order valence-corrected chi connectivity index (χ4v) is 5.67. The van der Waals surface area contributed by atoms with Crippen LogP contribution in [-0.4, -0.2) is 16.5 Å². The molecule has 0 saturated heterocycles. The molecule has 0 spiro atoms. The molecule has 1 aromatic rings. The van der Waals surface area contributed by atoms with Crippen molar-refractivity contribution in [2.24, 2.45) is 5.41 Å². The van der Waals surface area contributed by atoms with E-state index < -0.39 is 0 Å². The molecule has 2 heteroatoms. The van der Waals surface area contributed by atoms with Crippen molar-refractivity contribution < 1.29 is 5.11 Å². The molecule has 0 aromatic heterocycles. The van der Waals surface area contributed by atoms with Crippen LogP contribution in [0.1, 0.15) is 50.5 Å². The predicted octanol–water partition coefficient (Wildman–Crippen LogP) is 4.56. The van der Waals surface area contributed by atoms with E-state index >= 15 is 0 Å². The maximum Gasteiger partial charge on any atom is 0.0431 e. The highest BCUT2D eigenvalue weighted by Gasteiger charge is 2.67. The molecule has 0 unspecified atom stereocenters. The highest BCUT2D eigenvalue weighted by atomic mass is 32.2. The molecule has 2 aliphatic carbocycles. The summed E-state index contributed by atoms with van der Waals surface area (Å²) in [5, 5.41) is 9.13. The Morgan fingerprint density at radius 3 is 2.63 bits per heavy atom. The van der Waals surface area contributed by atoms with Gasteiger partial charge in [0.2, 0.25) is 0 Å². The molecule has 0 amide bonds. The minimum atomic E-state index is 0.354. The van der Waals surface area contributed by atoms with Crippen LogP contribution >= 0.6 is 11.8 Å². The largest absolute Gasteiger partial charge is 0.396 e. The number of rotatable bonds is 5. The van der Waals surface area contributed by atoms with E-state index in [0.29, 0.717) is 16.8 Å². The molecule has 1 aromatic carbocycles. The first-order valence-electron chi connectivity index (χ1n) is 7.56. The van der Waals surface area contributed by atoms with Gasteiger partial charge in [-0.15, -0.1) is 11.8 Å². The minimum absolute atomic E-state index is 0.354. The highest BCUT2D eigenvalue weighted by molar-refractivity contribution is 8.01. The molecule has 2 fully saturated rings. The van der Waals surface area contributed by atoms with Gasteiger partial charge in [-0.05, 0) is 56.6 Å². The van der Waals surface area contributed by atoms with E-state index in [1.165, 1.54) is 49.0 Å². The van der Waals surface area contributed by atoms with Crippen molar-refractivity contribution in [3.05, 3.63) is 29.8 Å². The Labute approximate surface area is 120 Å². The summed E-state index contributed by atoms with van der Waals surface area (Å²) >= 11 is 2.12. The van der Waals surface area contributed by atoms with Crippen LogP contribution in [0.15, 0.2) is 29.2 Å². The molecule has 2 aliphatic rings. The van der Waals surface area contributed by atoms with Crippen molar-refractivity contribution in [3.8, 4) is 0 Å². The Kier molecular flexibility index (Phi) is 3.65. The van der Waals surface area contributed by atoms with Gasteiger partial charge in [-0.3, -0.25) is 0 Å². The topological polar surface area (TPSA) is 20.2 Å². The van der Waals surface area contributed by atoms with Crippen LogP contribution in [-0.2, 0) is 0 Å². The van der Waals surface area contributed by atoms with Gasteiger partial charge in [0.1, 0.15) is 0 Å². The number of benzene rings is 1. The summed E-state index contributed by atoms with van der Waals surface area (Å²) < 4.78 is 0.496. The summed E-state index contributed by atoms with van der Waals surface area (Å²) in [5.74, 6) is 0. The van der Waals surface area contributed by atoms with Gasteiger partial charge in [0.25, 0.3) is 0 Å². The van der Waals surface area contributed by atoms with Crippen LogP contribution in [0.5, 0.6) is 0 Å². The van der Waals surface area contributed by atoms with E-state index in [9.17, 15) is 0 Å². The van der Waals surface area contributed by atoms with Gasteiger partial charge in [0.15, 0.2) is 0 Å². The van der Waals surface area contributed by atoms with Crippen LogP contribution in [0, 0.1) is 12.3 Å². The molecule has 2 saturated carbocycles. The molecule has 3 rings (SSSR count). The van der Waals surface area contributed by atoms with Gasteiger partial charge in [0.05, 0.1) is 0 Å². The van der Waals surface area contributed by atoms with Crippen LogP contribution in [0.25, 0.3) is 0 Å². The molecule has 0 radical (unpaired) electrons. The lowest BCUT2D eigenvalue weighted by molar-refractivity contribution is 0.248. The average Bonchev–Trinajstić information content (AvgIpc) is 3.08. The maximum absolute atomic E-state index is 9.13. The van der Waals surface area contributed by atoms with E-state index in [0.717, 1.165) is 6.42 Å². The van der Waals surface area contributed by atoms with Crippen molar-refractivity contribution in [3.63, 3.8) is 0 Å². The van der Waals surface area contributed by atoms with Crippen LogP contribution in [0.2, 0.25) is 0 Å². The van der Waals surface area contributed by atoms with Crippen LogP contribution in [0.3, 0.4) is 0 Å². The summed E-state index contributed by atoms with van der Waals surface area (Å²) in [6.45, 7) is 2.50. The molecule has 19 heavy (non-hydrogen) atoms. The van der Waals surface area contributed by atoms with Gasteiger partial charge in [0, 0.05) is 16.2 Å². The molecule has 0 heterocycles. The number of fused-ring (bicyclic) bond motifs is 1. The lowest BCUT2D eigenvalue weighted by atomic mass is 9.84. The average molecular weight is 276 g/mol.